The van der Waals surface area contributed by atoms with Gasteiger partial charge in [-0.25, -0.2) is 0 Å². The zero-order valence-electron chi connectivity index (χ0n) is 7.29. The van der Waals surface area contributed by atoms with Crippen LogP contribution < -0.4 is 4.90 Å². The third kappa shape index (κ3) is 1.60. The topological polar surface area (TPSA) is 31.9 Å². The van der Waals surface area contributed by atoms with Crippen LogP contribution in [-0.4, -0.2) is 23.3 Å². The van der Waals surface area contributed by atoms with E-state index in [2.05, 4.69) is 15.1 Å². The average molecular weight is 165 g/mol. The van der Waals surface area contributed by atoms with Crippen LogP contribution in [0.3, 0.4) is 0 Å². The molecule has 66 valence electrons. The van der Waals surface area contributed by atoms with Gasteiger partial charge in [-0.05, 0) is 12.8 Å². The van der Waals surface area contributed by atoms with Crippen molar-refractivity contribution in [3.63, 3.8) is 0 Å². The predicted molar refractivity (Wildman–Crippen MR) is 49.3 cm³/mol. The van der Waals surface area contributed by atoms with Crippen LogP contribution in [0.1, 0.15) is 25.7 Å². The lowest BCUT2D eigenvalue weighted by Crippen LogP contribution is -2.24. The number of hydrogen-bond acceptors (Lipinski definition) is 2. The average Bonchev–Trinajstić information content (AvgIpc) is 2.48. The van der Waals surface area contributed by atoms with Crippen molar-refractivity contribution in [2.45, 2.75) is 25.7 Å². The summed E-state index contributed by atoms with van der Waals surface area (Å²) in [4.78, 5) is 2.39. The van der Waals surface area contributed by atoms with E-state index in [1.807, 2.05) is 12.3 Å². The Morgan fingerprint density at radius 1 is 1.17 bits per heavy atom. The van der Waals surface area contributed by atoms with Gasteiger partial charge in [0.2, 0.25) is 0 Å². The molecule has 1 aromatic rings. The van der Waals surface area contributed by atoms with Crippen LogP contribution in [0, 0.1) is 0 Å². The Morgan fingerprint density at radius 2 is 1.92 bits per heavy atom. The lowest BCUT2D eigenvalue weighted by atomic mass is 10.2. The third-order valence-corrected chi connectivity index (χ3v) is 2.43. The molecule has 0 aromatic carbocycles. The Bertz CT molecular complexity index is 210. The van der Waals surface area contributed by atoms with Crippen LogP contribution in [0.4, 0.5) is 5.82 Å². The van der Waals surface area contributed by atoms with Crippen molar-refractivity contribution >= 4 is 5.82 Å². The van der Waals surface area contributed by atoms with Crippen molar-refractivity contribution in [2.24, 2.45) is 0 Å². The molecule has 1 aliphatic rings. The highest BCUT2D eigenvalue weighted by molar-refractivity contribution is 5.36. The molecule has 1 fully saturated rings. The summed E-state index contributed by atoms with van der Waals surface area (Å²) in [6.45, 7) is 2.37. The molecule has 0 spiro atoms. The van der Waals surface area contributed by atoms with Gasteiger partial charge in [0.1, 0.15) is 5.82 Å². The number of H-pyrrole nitrogens is 1. The summed E-state index contributed by atoms with van der Waals surface area (Å²) < 4.78 is 0. The second kappa shape index (κ2) is 3.61. The molecule has 1 aliphatic heterocycles. The lowest BCUT2D eigenvalue weighted by Gasteiger charge is -2.19. The fraction of sp³-hybridized carbons (Fsp3) is 0.667. The number of rotatable bonds is 1. The number of nitrogens with zero attached hydrogens (tertiary/aromatic N) is 2. The molecule has 1 aromatic heterocycles. The van der Waals surface area contributed by atoms with Crippen molar-refractivity contribution in [1.82, 2.24) is 10.2 Å². The molecule has 1 saturated heterocycles. The van der Waals surface area contributed by atoms with Crippen LogP contribution in [0.15, 0.2) is 12.3 Å². The van der Waals surface area contributed by atoms with E-state index in [9.17, 15) is 0 Å². The second-order valence-corrected chi connectivity index (χ2v) is 3.34. The summed E-state index contributed by atoms with van der Waals surface area (Å²) in [5, 5.41) is 6.97. The fourth-order valence-electron chi connectivity index (χ4n) is 1.74. The molecule has 0 aliphatic carbocycles. The van der Waals surface area contributed by atoms with Crippen molar-refractivity contribution in [1.29, 1.82) is 0 Å². The van der Waals surface area contributed by atoms with E-state index in [4.69, 9.17) is 0 Å². The smallest absolute Gasteiger partial charge is 0.123 e. The maximum absolute atomic E-state index is 3.96. The number of nitrogens with one attached hydrogen (secondary N) is 1. The Kier molecular flexibility index (Phi) is 2.30. The minimum Gasteiger partial charge on any atom is -0.357 e. The number of aromatic nitrogens is 2. The monoisotopic (exact) mass is 165 g/mol. The highest BCUT2D eigenvalue weighted by Crippen LogP contribution is 2.15. The Labute approximate surface area is 72.8 Å². The molecule has 2 rings (SSSR count). The molecule has 3 heteroatoms. The SMILES string of the molecule is c1cc(N2CCCCCC2)[nH]n1. The lowest BCUT2D eigenvalue weighted by molar-refractivity contribution is 0.726. The molecule has 12 heavy (non-hydrogen) atoms. The first kappa shape index (κ1) is 7.65. The van der Waals surface area contributed by atoms with Gasteiger partial charge in [-0.15, -0.1) is 0 Å². The summed E-state index contributed by atoms with van der Waals surface area (Å²) in [7, 11) is 0. The van der Waals surface area contributed by atoms with Crippen molar-refractivity contribution in [3.05, 3.63) is 12.3 Å². The molecule has 3 nitrogen and oxygen atoms in total. The van der Waals surface area contributed by atoms with E-state index in [0.29, 0.717) is 0 Å². The van der Waals surface area contributed by atoms with E-state index >= 15 is 0 Å². The maximum atomic E-state index is 3.96. The Balaban J connectivity index is 2.02. The van der Waals surface area contributed by atoms with Gasteiger partial charge in [0.15, 0.2) is 0 Å². The molecular weight excluding hydrogens is 150 g/mol. The van der Waals surface area contributed by atoms with E-state index in [1.165, 1.54) is 44.6 Å². The quantitative estimate of drug-likeness (QED) is 0.688. The Morgan fingerprint density at radius 3 is 2.50 bits per heavy atom. The molecule has 0 unspecified atom stereocenters. The summed E-state index contributed by atoms with van der Waals surface area (Å²) in [6.07, 6.45) is 7.22. The van der Waals surface area contributed by atoms with E-state index < -0.39 is 0 Å². The van der Waals surface area contributed by atoms with Crippen LogP contribution in [-0.2, 0) is 0 Å². The highest BCUT2D eigenvalue weighted by atomic mass is 15.3. The van der Waals surface area contributed by atoms with Crippen LogP contribution >= 0.6 is 0 Å². The molecule has 0 saturated carbocycles. The minimum atomic E-state index is 1.18. The van der Waals surface area contributed by atoms with Crippen molar-refractivity contribution < 1.29 is 0 Å². The first-order valence-electron chi connectivity index (χ1n) is 4.71. The predicted octanol–water partition coefficient (Wildman–Crippen LogP) is 1.79. The standard InChI is InChI=1S/C9H15N3/c1-2-4-8-12(7-3-1)9-5-6-10-11-9/h5-6H,1-4,7-8H2,(H,10,11). The Hall–Kier alpha value is -0.990. The molecule has 2 heterocycles. The molecule has 0 bridgehead atoms. The summed E-state index contributed by atoms with van der Waals surface area (Å²) in [6, 6.07) is 2.05. The highest BCUT2D eigenvalue weighted by Gasteiger charge is 2.09. The van der Waals surface area contributed by atoms with Gasteiger partial charge in [-0.1, -0.05) is 12.8 Å². The zero-order valence-corrected chi connectivity index (χ0v) is 7.29. The molecule has 0 radical (unpaired) electrons. The maximum Gasteiger partial charge on any atom is 0.123 e. The van der Waals surface area contributed by atoms with Crippen LogP contribution in [0.5, 0.6) is 0 Å². The van der Waals surface area contributed by atoms with Gasteiger partial charge in [-0.2, -0.15) is 5.10 Å². The van der Waals surface area contributed by atoms with Crippen LogP contribution in [0.25, 0.3) is 0 Å². The normalized spacial score (nSPS) is 19.2. The van der Waals surface area contributed by atoms with Gasteiger partial charge >= 0.3 is 0 Å². The van der Waals surface area contributed by atoms with Gasteiger partial charge in [0, 0.05) is 19.2 Å². The van der Waals surface area contributed by atoms with E-state index in [0.717, 1.165) is 0 Å². The zero-order chi connectivity index (χ0) is 8.23. The summed E-state index contributed by atoms with van der Waals surface area (Å²) in [5.41, 5.74) is 0. The molecule has 1 N–H and O–H groups in total. The first-order valence-corrected chi connectivity index (χ1v) is 4.71. The largest absolute Gasteiger partial charge is 0.357 e. The van der Waals surface area contributed by atoms with Gasteiger partial charge in [0.05, 0.1) is 6.20 Å². The van der Waals surface area contributed by atoms with E-state index in [1.54, 1.807) is 0 Å². The molecule has 0 atom stereocenters. The number of anilines is 1. The van der Waals surface area contributed by atoms with E-state index in [-0.39, 0.29) is 0 Å². The molecule has 0 amide bonds. The summed E-state index contributed by atoms with van der Waals surface area (Å²) in [5.74, 6) is 1.18. The van der Waals surface area contributed by atoms with Crippen molar-refractivity contribution in [2.75, 3.05) is 18.0 Å². The minimum absolute atomic E-state index is 1.18. The second-order valence-electron chi connectivity index (χ2n) is 3.34. The van der Waals surface area contributed by atoms with Gasteiger partial charge < -0.3 is 4.90 Å². The number of aromatic amines is 1. The fourth-order valence-corrected chi connectivity index (χ4v) is 1.74. The van der Waals surface area contributed by atoms with Gasteiger partial charge in [0.25, 0.3) is 0 Å². The number of hydrogen-bond donors (Lipinski definition) is 1. The van der Waals surface area contributed by atoms with Crippen molar-refractivity contribution in [3.8, 4) is 0 Å². The third-order valence-electron chi connectivity index (χ3n) is 2.43. The van der Waals surface area contributed by atoms with Gasteiger partial charge in [-0.3, -0.25) is 5.10 Å². The summed E-state index contributed by atoms with van der Waals surface area (Å²) >= 11 is 0. The van der Waals surface area contributed by atoms with Crippen LogP contribution in [0.2, 0.25) is 0 Å². The first-order chi connectivity index (χ1) is 5.97. The molecular formula is C9H15N3.